The van der Waals surface area contributed by atoms with Gasteiger partial charge in [0.25, 0.3) is 0 Å². The van der Waals surface area contributed by atoms with E-state index in [9.17, 15) is 9.90 Å². The van der Waals surface area contributed by atoms with Gasteiger partial charge in [-0.1, -0.05) is 12.1 Å². The van der Waals surface area contributed by atoms with Gasteiger partial charge in [-0.2, -0.15) is 0 Å². The molecule has 1 aliphatic heterocycles. The number of carbonyl (C=O) groups is 1. The maximum absolute atomic E-state index is 13.7. The van der Waals surface area contributed by atoms with E-state index in [-0.39, 0.29) is 11.0 Å². The van der Waals surface area contributed by atoms with Crippen LogP contribution in [0.4, 0.5) is 0 Å². The van der Waals surface area contributed by atoms with Crippen molar-refractivity contribution < 1.29 is 9.90 Å². The minimum Gasteiger partial charge on any atom is -0.386 e. The van der Waals surface area contributed by atoms with Crippen LogP contribution in [0.15, 0.2) is 23.2 Å². The molecule has 4 fully saturated rings. The van der Waals surface area contributed by atoms with E-state index >= 15 is 0 Å². The van der Waals surface area contributed by atoms with Gasteiger partial charge in [-0.25, -0.2) is 0 Å². The van der Waals surface area contributed by atoms with Crippen molar-refractivity contribution in [3.8, 4) is 0 Å². The van der Waals surface area contributed by atoms with Gasteiger partial charge in [-0.05, 0) is 113 Å². The first kappa shape index (κ1) is 19.5. The molecule has 1 heterocycles. The number of Topliss-reactive ketones (excluding diaryl/α,β-unsaturated/α-hetero) is 1. The highest BCUT2D eigenvalue weighted by Crippen LogP contribution is 2.60. The molecule has 156 valence electrons. The topological polar surface area (TPSA) is 49.7 Å². The Morgan fingerprint density at radius 1 is 1.10 bits per heavy atom. The molecule has 3 nitrogen and oxygen atoms in total. The summed E-state index contributed by atoms with van der Waals surface area (Å²) in [5, 5.41) is 10.5. The quantitative estimate of drug-likeness (QED) is 0.763. The highest BCUT2D eigenvalue weighted by molar-refractivity contribution is 6.13. The average molecular weight is 394 g/mol. The normalized spacial score (nSPS) is 34.7. The van der Waals surface area contributed by atoms with Gasteiger partial charge in [-0.15, -0.1) is 0 Å². The van der Waals surface area contributed by atoms with Gasteiger partial charge in [0.15, 0.2) is 0 Å². The second-order valence-corrected chi connectivity index (χ2v) is 11.8. The first-order valence-corrected chi connectivity index (χ1v) is 11.5. The third-order valence-electron chi connectivity index (χ3n) is 8.15. The Morgan fingerprint density at radius 2 is 1.69 bits per heavy atom. The van der Waals surface area contributed by atoms with Crippen LogP contribution in [0.3, 0.4) is 0 Å². The Labute approximate surface area is 175 Å². The molecule has 0 radical (unpaired) electrons. The first-order chi connectivity index (χ1) is 13.5. The molecule has 3 heteroatoms. The number of hydrogen-bond donors (Lipinski definition) is 1. The molecule has 0 amide bonds. The van der Waals surface area contributed by atoms with Crippen LogP contribution in [0, 0.1) is 23.2 Å². The Balaban J connectivity index is 1.48. The number of aliphatic imine (C=N–C) groups is 1. The number of hydrogen-bond acceptors (Lipinski definition) is 3. The van der Waals surface area contributed by atoms with Gasteiger partial charge in [-0.3, -0.25) is 9.79 Å². The summed E-state index contributed by atoms with van der Waals surface area (Å²) in [4.78, 5) is 18.8. The van der Waals surface area contributed by atoms with Crippen LogP contribution in [-0.2, 0) is 16.8 Å². The van der Waals surface area contributed by atoms with Gasteiger partial charge in [0, 0.05) is 11.8 Å². The first-order valence-electron chi connectivity index (χ1n) is 11.5. The maximum atomic E-state index is 13.7. The lowest BCUT2D eigenvalue weighted by atomic mass is 9.48. The minimum atomic E-state index is -0.892. The second-order valence-electron chi connectivity index (χ2n) is 11.8. The summed E-state index contributed by atoms with van der Waals surface area (Å²) in [7, 11) is 0. The van der Waals surface area contributed by atoms with Crippen LogP contribution in [0.2, 0.25) is 0 Å². The molecule has 0 spiro atoms. The molecule has 0 unspecified atom stereocenters. The largest absolute Gasteiger partial charge is 0.386 e. The van der Waals surface area contributed by atoms with Gasteiger partial charge in [0.05, 0.1) is 16.9 Å². The molecule has 1 N–H and O–H groups in total. The molecule has 4 saturated carbocycles. The number of ketones is 1. The molecule has 29 heavy (non-hydrogen) atoms. The van der Waals surface area contributed by atoms with Crippen LogP contribution in [-0.4, -0.2) is 22.1 Å². The van der Waals surface area contributed by atoms with Crippen molar-refractivity contribution in [1.82, 2.24) is 0 Å². The van der Waals surface area contributed by atoms with E-state index in [0.29, 0.717) is 12.2 Å². The van der Waals surface area contributed by atoms with Crippen LogP contribution in [0.25, 0.3) is 0 Å². The fraction of sp³-hybridized carbons (Fsp3) is 0.692. The maximum Gasteiger partial charge on any atom is 0.145 e. The molecule has 1 aromatic carbocycles. The standard InChI is InChI=1S/C26H35NO2/c1-24(2)15-19-5-6-20(25(3,4)29)10-21(19)22(27-24)11-23(28)26-12-16-7-17(13-26)9-18(8-16)14-26/h5-6,10,16-18,29H,7-9,11-15H2,1-4H3. The Hall–Kier alpha value is -1.48. The monoisotopic (exact) mass is 393 g/mol. The predicted molar refractivity (Wildman–Crippen MR) is 116 cm³/mol. The van der Waals surface area contributed by atoms with Crippen molar-refractivity contribution in [3.63, 3.8) is 0 Å². The van der Waals surface area contributed by atoms with Crippen molar-refractivity contribution >= 4 is 11.5 Å². The number of aliphatic hydroxyl groups is 1. The van der Waals surface area contributed by atoms with E-state index in [2.05, 4.69) is 26.0 Å². The molecule has 0 aromatic heterocycles. The van der Waals surface area contributed by atoms with E-state index < -0.39 is 5.60 Å². The van der Waals surface area contributed by atoms with Crippen molar-refractivity contribution in [2.45, 2.75) is 90.2 Å². The lowest BCUT2D eigenvalue weighted by Crippen LogP contribution is -2.50. The lowest BCUT2D eigenvalue weighted by Gasteiger charge is -2.56. The molecule has 4 bridgehead atoms. The van der Waals surface area contributed by atoms with Crippen LogP contribution in [0.5, 0.6) is 0 Å². The van der Waals surface area contributed by atoms with Crippen molar-refractivity contribution in [3.05, 3.63) is 34.9 Å². The zero-order valence-electron chi connectivity index (χ0n) is 18.4. The smallest absolute Gasteiger partial charge is 0.145 e. The molecular weight excluding hydrogens is 358 g/mol. The minimum absolute atomic E-state index is 0.0765. The fourth-order valence-electron chi connectivity index (χ4n) is 7.24. The van der Waals surface area contributed by atoms with Gasteiger partial charge < -0.3 is 5.11 Å². The summed E-state index contributed by atoms with van der Waals surface area (Å²) >= 11 is 0. The van der Waals surface area contributed by atoms with Crippen LogP contribution >= 0.6 is 0 Å². The lowest BCUT2D eigenvalue weighted by molar-refractivity contribution is -0.142. The van der Waals surface area contributed by atoms with E-state index in [1.807, 2.05) is 19.9 Å². The van der Waals surface area contributed by atoms with Crippen molar-refractivity contribution in [1.29, 1.82) is 0 Å². The second kappa shape index (κ2) is 6.26. The molecule has 1 aromatic rings. The van der Waals surface area contributed by atoms with E-state index in [0.717, 1.165) is 60.3 Å². The molecule has 5 aliphatic rings. The molecule has 4 aliphatic carbocycles. The highest BCUT2D eigenvalue weighted by Gasteiger charge is 2.54. The van der Waals surface area contributed by atoms with Gasteiger partial charge in [0.1, 0.15) is 5.78 Å². The Kier molecular flexibility index (Phi) is 4.21. The number of benzene rings is 1. The zero-order chi connectivity index (χ0) is 20.6. The van der Waals surface area contributed by atoms with Crippen LogP contribution in [0.1, 0.15) is 89.3 Å². The summed E-state index contributed by atoms with van der Waals surface area (Å²) in [5.41, 5.74) is 3.03. The number of carbonyl (C=O) groups excluding carboxylic acids is 1. The molecule has 0 saturated heterocycles. The third-order valence-corrected chi connectivity index (χ3v) is 8.15. The fourth-order valence-corrected chi connectivity index (χ4v) is 7.24. The average Bonchev–Trinajstić information content (AvgIpc) is 2.58. The van der Waals surface area contributed by atoms with Crippen molar-refractivity contribution in [2.24, 2.45) is 28.2 Å². The summed E-state index contributed by atoms with van der Waals surface area (Å²) < 4.78 is 0. The van der Waals surface area contributed by atoms with E-state index in [1.54, 1.807) is 0 Å². The number of rotatable bonds is 4. The van der Waals surface area contributed by atoms with E-state index in [1.165, 1.54) is 24.8 Å². The number of fused-ring (bicyclic) bond motifs is 1. The summed E-state index contributed by atoms with van der Waals surface area (Å²) in [5.74, 6) is 2.78. The van der Waals surface area contributed by atoms with E-state index in [4.69, 9.17) is 4.99 Å². The predicted octanol–water partition coefficient (Wildman–Crippen LogP) is 5.21. The summed E-state index contributed by atoms with van der Waals surface area (Å²) in [6, 6.07) is 6.24. The Bertz CT molecular complexity index is 851. The van der Waals surface area contributed by atoms with Gasteiger partial charge in [0.2, 0.25) is 0 Å². The SMILES string of the molecule is CC1(C)Cc2ccc(C(C)(C)O)cc2C(CC(=O)C23CC4CC(CC(C4)C2)C3)=N1. The van der Waals surface area contributed by atoms with Crippen LogP contribution < -0.4 is 0 Å². The number of nitrogens with zero attached hydrogens (tertiary/aromatic N) is 1. The Morgan fingerprint density at radius 3 is 2.24 bits per heavy atom. The molecule has 0 atom stereocenters. The summed E-state index contributed by atoms with van der Waals surface area (Å²) in [6.07, 6.45) is 8.76. The van der Waals surface area contributed by atoms with Crippen molar-refractivity contribution in [2.75, 3.05) is 0 Å². The highest BCUT2D eigenvalue weighted by atomic mass is 16.3. The molecular formula is C26H35NO2. The summed E-state index contributed by atoms with van der Waals surface area (Å²) in [6.45, 7) is 7.96. The molecule has 6 rings (SSSR count). The third kappa shape index (κ3) is 3.40. The zero-order valence-corrected chi connectivity index (χ0v) is 18.4. The van der Waals surface area contributed by atoms with Gasteiger partial charge >= 0.3 is 0 Å².